The van der Waals surface area contributed by atoms with Gasteiger partial charge in [-0.2, -0.15) is 0 Å². The number of amides is 3. The molecule has 0 aliphatic rings. The van der Waals surface area contributed by atoms with Gasteiger partial charge in [0.05, 0.1) is 6.04 Å². The van der Waals surface area contributed by atoms with Crippen molar-refractivity contribution in [3.8, 4) is 0 Å². The molecule has 1 heterocycles. The number of thiophene rings is 1. The van der Waals surface area contributed by atoms with E-state index in [-0.39, 0.29) is 12.1 Å². The average Bonchev–Trinajstić information content (AvgIpc) is 2.92. The van der Waals surface area contributed by atoms with Gasteiger partial charge in [-0.1, -0.05) is 12.1 Å². The van der Waals surface area contributed by atoms with E-state index in [1.807, 2.05) is 24.4 Å². The van der Waals surface area contributed by atoms with Crippen molar-refractivity contribution in [2.24, 2.45) is 5.73 Å². The molecule has 0 bridgehead atoms. The third-order valence-electron chi connectivity index (χ3n) is 2.72. The predicted molar refractivity (Wildman–Crippen MR) is 79.8 cm³/mol. The number of nitrogens with one attached hydrogen (secondary N) is 2. The van der Waals surface area contributed by atoms with Crippen LogP contribution in [0.3, 0.4) is 0 Å². The number of anilines is 1. The molecule has 2 aromatic rings. The van der Waals surface area contributed by atoms with Gasteiger partial charge >= 0.3 is 6.03 Å². The van der Waals surface area contributed by atoms with E-state index < -0.39 is 5.91 Å². The fraction of sp³-hybridized carbons (Fsp3) is 0.143. The summed E-state index contributed by atoms with van der Waals surface area (Å²) >= 11 is 1.58. The van der Waals surface area contributed by atoms with Crippen molar-refractivity contribution in [3.63, 3.8) is 0 Å². The molecule has 1 aromatic heterocycles. The normalized spacial score (nSPS) is 11.7. The molecule has 0 radical (unpaired) electrons. The summed E-state index contributed by atoms with van der Waals surface area (Å²) in [4.78, 5) is 24.0. The van der Waals surface area contributed by atoms with Crippen LogP contribution in [0.15, 0.2) is 41.8 Å². The van der Waals surface area contributed by atoms with Gasteiger partial charge in [0.15, 0.2) is 0 Å². The minimum absolute atomic E-state index is 0.0747. The number of urea groups is 1. The maximum atomic E-state index is 11.9. The summed E-state index contributed by atoms with van der Waals surface area (Å²) in [6.45, 7) is 1.91. The number of benzene rings is 1. The van der Waals surface area contributed by atoms with Crippen molar-refractivity contribution in [1.82, 2.24) is 5.32 Å². The SMILES string of the molecule is C[C@@H](NC(=O)Nc1cccc(C(N)=O)c1)c1cccs1. The molecule has 20 heavy (non-hydrogen) atoms. The first-order valence-electron chi connectivity index (χ1n) is 6.07. The monoisotopic (exact) mass is 289 g/mol. The van der Waals surface area contributed by atoms with Gasteiger partial charge in [0.2, 0.25) is 5.91 Å². The fourth-order valence-corrected chi connectivity index (χ4v) is 2.46. The van der Waals surface area contributed by atoms with Gasteiger partial charge in [-0.25, -0.2) is 4.79 Å². The van der Waals surface area contributed by atoms with E-state index in [1.165, 1.54) is 6.07 Å². The summed E-state index contributed by atoms with van der Waals surface area (Å²) < 4.78 is 0. The van der Waals surface area contributed by atoms with Crippen molar-refractivity contribution in [2.45, 2.75) is 13.0 Å². The smallest absolute Gasteiger partial charge is 0.319 e. The van der Waals surface area contributed by atoms with Crippen LogP contribution < -0.4 is 16.4 Å². The second kappa shape index (κ2) is 6.21. The zero-order valence-corrected chi connectivity index (χ0v) is 11.7. The zero-order valence-electron chi connectivity index (χ0n) is 10.9. The number of primary amides is 1. The Balaban J connectivity index is 1.98. The Labute approximate surface area is 120 Å². The van der Waals surface area contributed by atoms with Gasteiger partial charge < -0.3 is 16.4 Å². The second-order valence-corrected chi connectivity index (χ2v) is 5.26. The molecule has 0 aliphatic heterocycles. The lowest BCUT2D eigenvalue weighted by Gasteiger charge is -2.13. The summed E-state index contributed by atoms with van der Waals surface area (Å²) in [7, 11) is 0. The molecule has 2 rings (SSSR count). The highest BCUT2D eigenvalue weighted by molar-refractivity contribution is 7.10. The van der Waals surface area contributed by atoms with Crippen LogP contribution in [0.25, 0.3) is 0 Å². The van der Waals surface area contributed by atoms with E-state index in [2.05, 4.69) is 10.6 Å². The number of hydrogen-bond acceptors (Lipinski definition) is 3. The molecule has 1 aromatic carbocycles. The molecular weight excluding hydrogens is 274 g/mol. The summed E-state index contributed by atoms with van der Waals surface area (Å²) in [5.74, 6) is -0.527. The quantitative estimate of drug-likeness (QED) is 0.808. The van der Waals surface area contributed by atoms with E-state index in [4.69, 9.17) is 5.73 Å². The van der Waals surface area contributed by atoms with Gasteiger partial charge in [-0.3, -0.25) is 4.79 Å². The molecule has 0 unspecified atom stereocenters. The number of carbonyl (C=O) groups is 2. The van der Waals surface area contributed by atoms with Crippen molar-refractivity contribution in [2.75, 3.05) is 5.32 Å². The van der Waals surface area contributed by atoms with Crippen LogP contribution in [0.2, 0.25) is 0 Å². The zero-order chi connectivity index (χ0) is 14.5. The number of carbonyl (C=O) groups excluding carboxylic acids is 2. The van der Waals surface area contributed by atoms with Crippen LogP contribution in [-0.2, 0) is 0 Å². The summed E-state index contributed by atoms with van der Waals surface area (Å²) in [6.07, 6.45) is 0. The van der Waals surface area contributed by atoms with E-state index in [1.54, 1.807) is 29.5 Å². The van der Waals surface area contributed by atoms with Crippen molar-refractivity contribution < 1.29 is 9.59 Å². The van der Waals surface area contributed by atoms with Crippen molar-refractivity contribution >= 4 is 29.0 Å². The summed E-state index contributed by atoms with van der Waals surface area (Å²) in [5.41, 5.74) is 6.07. The molecule has 0 aliphatic carbocycles. The van der Waals surface area contributed by atoms with Crippen LogP contribution in [0.4, 0.5) is 10.5 Å². The minimum Gasteiger partial charge on any atom is -0.366 e. The molecule has 1 atom stereocenters. The molecule has 4 N–H and O–H groups in total. The maximum absolute atomic E-state index is 11.9. The van der Waals surface area contributed by atoms with Gasteiger partial charge in [-0.05, 0) is 36.6 Å². The number of rotatable bonds is 4. The van der Waals surface area contributed by atoms with Crippen molar-refractivity contribution in [1.29, 1.82) is 0 Å². The highest BCUT2D eigenvalue weighted by Crippen LogP contribution is 2.18. The Bertz CT molecular complexity index is 611. The fourth-order valence-electron chi connectivity index (χ4n) is 1.72. The lowest BCUT2D eigenvalue weighted by molar-refractivity contribution is 0.100. The average molecular weight is 289 g/mol. The number of nitrogens with two attached hydrogens (primary N) is 1. The predicted octanol–water partition coefficient (Wildman–Crippen LogP) is 2.73. The van der Waals surface area contributed by atoms with E-state index in [9.17, 15) is 9.59 Å². The van der Waals surface area contributed by atoms with Gasteiger partial charge in [-0.15, -0.1) is 11.3 Å². The first-order chi connectivity index (χ1) is 9.56. The Morgan fingerprint density at radius 3 is 2.70 bits per heavy atom. The summed E-state index contributed by atoms with van der Waals surface area (Å²) in [6, 6.07) is 10.00. The Morgan fingerprint density at radius 2 is 2.05 bits per heavy atom. The molecule has 0 fully saturated rings. The van der Waals surface area contributed by atoms with Crippen molar-refractivity contribution in [3.05, 3.63) is 52.2 Å². The molecule has 0 spiro atoms. The Kier molecular flexibility index (Phi) is 4.37. The highest BCUT2D eigenvalue weighted by Gasteiger charge is 2.10. The minimum atomic E-state index is -0.527. The Hall–Kier alpha value is -2.34. The van der Waals surface area contributed by atoms with Crippen LogP contribution in [0.5, 0.6) is 0 Å². The van der Waals surface area contributed by atoms with E-state index >= 15 is 0 Å². The van der Waals surface area contributed by atoms with Gasteiger partial charge in [0.25, 0.3) is 0 Å². The molecule has 3 amide bonds. The Morgan fingerprint density at radius 1 is 1.25 bits per heavy atom. The topological polar surface area (TPSA) is 84.2 Å². The van der Waals surface area contributed by atoms with Crippen LogP contribution in [0.1, 0.15) is 28.2 Å². The molecule has 0 saturated heterocycles. The van der Waals surface area contributed by atoms with Crippen LogP contribution in [-0.4, -0.2) is 11.9 Å². The third-order valence-corrected chi connectivity index (χ3v) is 3.78. The number of hydrogen-bond donors (Lipinski definition) is 3. The molecule has 6 heteroatoms. The molecule has 104 valence electrons. The molecule has 5 nitrogen and oxygen atoms in total. The molecular formula is C14H15N3O2S. The first kappa shape index (κ1) is 14.1. The largest absolute Gasteiger partial charge is 0.366 e. The van der Waals surface area contributed by atoms with Crippen LogP contribution >= 0.6 is 11.3 Å². The first-order valence-corrected chi connectivity index (χ1v) is 6.95. The van der Waals surface area contributed by atoms with Gasteiger partial charge in [0.1, 0.15) is 0 Å². The lowest BCUT2D eigenvalue weighted by Crippen LogP contribution is -2.30. The highest BCUT2D eigenvalue weighted by atomic mass is 32.1. The molecule has 0 saturated carbocycles. The summed E-state index contributed by atoms with van der Waals surface area (Å²) in [5, 5.41) is 7.46. The van der Waals surface area contributed by atoms with E-state index in [0.29, 0.717) is 11.3 Å². The van der Waals surface area contributed by atoms with Gasteiger partial charge in [0, 0.05) is 16.1 Å². The maximum Gasteiger partial charge on any atom is 0.319 e. The second-order valence-electron chi connectivity index (χ2n) is 4.28. The van der Waals surface area contributed by atoms with Crippen LogP contribution in [0, 0.1) is 0 Å². The third kappa shape index (κ3) is 3.58. The van der Waals surface area contributed by atoms with E-state index in [0.717, 1.165) is 4.88 Å². The lowest BCUT2D eigenvalue weighted by atomic mass is 10.2. The standard InChI is InChI=1S/C14H15N3O2S/c1-9(12-6-3-7-20-12)16-14(19)17-11-5-2-4-10(8-11)13(15)18/h2-9H,1H3,(H2,15,18)(H2,16,17,19)/t9-/m1/s1.